The molecule has 1 aliphatic carbocycles. The van der Waals surface area contributed by atoms with Gasteiger partial charge in [-0.3, -0.25) is 0 Å². The summed E-state index contributed by atoms with van der Waals surface area (Å²) in [5, 5.41) is 6.35. The van der Waals surface area contributed by atoms with Gasteiger partial charge in [0.1, 0.15) is 0 Å². The average Bonchev–Trinajstić information content (AvgIpc) is 2.46. The van der Waals surface area contributed by atoms with Crippen molar-refractivity contribution in [3.8, 4) is 0 Å². The molecule has 0 spiro atoms. The molecule has 1 aliphatic rings. The highest BCUT2D eigenvalue weighted by Crippen LogP contribution is 2.28. The zero-order valence-electron chi connectivity index (χ0n) is 13.0. The van der Waals surface area contributed by atoms with E-state index in [9.17, 15) is 0 Å². The summed E-state index contributed by atoms with van der Waals surface area (Å²) in [5.74, 6) is 3.56. The molecule has 0 amide bonds. The lowest BCUT2D eigenvalue weighted by molar-refractivity contribution is 0.300. The number of aromatic nitrogens is 3. The zero-order valence-corrected chi connectivity index (χ0v) is 13.0. The van der Waals surface area contributed by atoms with Crippen LogP contribution in [0.4, 0.5) is 17.8 Å². The third-order valence-corrected chi connectivity index (χ3v) is 3.93. The Morgan fingerprint density at radius 2 is 1.70 bits per heavy atom. The second kappa shape index (κ2) is 6.72. The van der Waals surface area contributed by atoms with E-state index >= 15 is 0 Å². The molecule has 6 nitrogen and oxygen atoms in total. The molecular formula is C14H26N6. The third kappa shape index (κ3) is 3.95. The summed E-state index contributed by atoms with van der Waals surface area (Å²) >= 11 is 0. The predicted molar refractivity (Wildman–Crippen MR) is 83.3 cm³/mol. The smallest absolute Gasteiger partial charge is 0.231 e. The lowest BCUT2D eigenvalue weighted by atomic mass is 9.83. The Hall–Kier alpha value is -1.59. The lowest BCUT2D eigenvalue weighted by Crippen LogP contribution is -2.22. The first-order valence-electron chi connectivity index (χ1n) is 7.43. The Morgan fingerprint density at radius 1 is 1.05 bits per heavy atom. The maximum absolute atomic E-state index is 4.43. The van der Waals surface area contributed by atoms with Crippen molar-refractivity contribution in [2.45, 2.75) is 32.6 Å². The summed E-state index contributed by atoms with van der Waals surface area (Å²) in [6.45, 7) is 3.30. The van der Waals surface area contributed by atoms with Gasteiger partial charge >= 0.3 is 0 Å². The summed E-state index contributed by atoms with van der Waals surface area (Å²) in [4.78, 5) is 15.0. The lowest BCUT2D eigenvalue weighted by Gasteiger charge is -2.26. The molecule has 1 aromatic rings. The summed E-state index contributed by atoms with van der Waals surface area (Å²) in [7, 11) is 5.68. The standard InChI is InChI=1S/C14H26N6/c1-10-5-7-11(8-6-10)9-16-13-17-12(15-2)18-14(19-13)20(3)4/h10-11H,5-9H2,1-4H3,(H2,15,16,17,18,19). The number of nitrogens with zero attached hydrogens (tertiary/aromatic N) is 4. The van der Waals surface area contributed by atoms with E-state index in [4.69, 9.17) is 0 Å². The molecule has 1 fully saturated rings. The quantitative estimate of drug-likeness (QED) is 0.861. The van der Waals surface area contributed by atoms with Crippen LogP contribution in [0.5, 0.6) is 0 Å². The van der Waals surface area contributed by atoms with E-state index in [1.807, 2.05) is 26.0 Å². The average molecular weight is 278 g/mol. The van der Waals surface area contributed by atoms with Crippen molar-refractivity contribution in [3.63, 3.8) is 0 Å². The van der Waals surface area contributed by atoms with Crippen molar-refractivity contribution < 1.29 is 0 Å². The summed E-state index contributed by atoms with van der Waals surface area (Å²) in [6, 6.07) is 0. The fraction of sp³-hybridized carbons (Fsp3) is 0.786. The molecule has 0 bridgehead atoms. The zero-order chi connectivity index (χ0) is 14.5. The Morgan fingerprint density at radius 3 is 2.30 bits per heavy atom. The van der Waals surface area contributed by atoms with Gasteiger partial charge in [0.2, 0.25) is 17.8 Å². The van der Waals surface area contributed by atoms with Crippen molar-refractivity contribution in [2.75, 3.05) is 43.2 Å². The monoisotopic (exact) mass is 278 g/mol. The van der Waals surface area contributed by atoms with Crippen LogP contribution in [0.25, 0.3) is 0 Å². The second-order valence-electron chi connectivity index (χ2n) is 5.93. The highest BCUT2D eigenvalue weighted by atomic mass is 15.3. The van der Waals surface area contributed by atoms with Crippen molar-refractivity contribution in [1.82, 2.24) is 15.0 Å². The largest absolute Gasteiger partial charge is 0.357 e. The molecule has 112 valence electrons. The molecular weight excluding hydrogens is 252 g/mol. The molecule has 0 aromatic carbocycles. The molecule has 1 saturated carbocycles. The summed E-state index contributed by atoms with van der Waals surface area (Å²) in [5.41, 5.74) is 0. The van der Waals surface area contributed by atoms with E-state index in [1.165, 1.54) is 25.7 Å². The first-order chi connectivity index (χ1) is 9.58. The summed E-state index contributed by atoms with van der Waals surface area (Å²) < 4.78 is 0. The molecule has 1 aromatic heterocycles. The minimum atomic E-state index is 0.600. The van der Waals surface area contributed by atoms with Gasteiger partial charge in [0.05, 0.1) is 0 Å². The number of anilines is 3. The van der Waals surface area contributed by atoms with Crippen LogP contribution in [0.3, 0.4) is 0 Å². The molecule has 2 rings (SSSR count). The van der Waals surface area contributed by atoms with Gasteiger partial charge in [-0.25, -0.2) is 0 Å². The van der Waals surface area contributed by atoms with Crippen LogP contribution in [0, 0.1) is 11.8 Å². The second-order valence-corrected chi connectivity index (χ2v) is 5.93. The fourth-order valence-corrected chi connectivity index (χ4v) is 2.52. The highest BCUT2D eigenvalue weighted by Gasteiger charge is 2.18. The van der Waals surface area contributed by atoms with E-state index in [-0.39, 0.29) is 0 Å². The van der Waals surface area contributed by atoms with Gasteiger partial charge in [0, 0.05) is 27.7 Å². The highest BCUT2D eigenvalue weighted by molar-refractivity contribution is 5.42. The number of hydrogen-bond donors (Lipinski definition) is 2. The first-order valence-corrected chi connectivity index (χ1v) is 7.43. The maximum Gasteiger partial charge on any atom is 0.231 e. The summed E-state index contributed by atoms with van der Waals surface area (Å²) in [6.07, 6.45) is 5.29. The van der Waals surface area contributed by atoms with Crippen LogP contribution < -0.4 is 15.5 Å². The molecule has 1 heterocycles. The van der Waals surface area contributed by atoms with Crippen molar-refractivity contribution in [1.29, 1.82) is 0 Å². The molecule has 0 radical (unpaired) electrons. The Bertz CT molecular complexity index is 426. The van der Waals surface area contributed by atoms with Crippen LogP contribution in [0.2, 0.25) is 0 Å². The van der Waals surface area contributed by atoms with E-state index in [1.54, 1.807) is 0 Å². The first kappa shape index (κ1) is 14.8. The van der Waals surface area contributed by atoms with Gasteiger partial charge in [0.15, 0.2) is 0 Å². The Kier molecular flexibility index (Phi) is 4.98. The molecule has 0 aliphatic heterocycles. The topological polar surface area (TPSA) is 66.0 Å². The SMILES string of the molecule is CNc1nc(NCC2CCC(C)CC2)nc(N(C)C)n1. The van der Waals surface area contributed by atoms with Crippen molar-refractivity contribution in [3.05, 3.63) is 0 Å². The van der Waals surface area contributed by atoms with Gasteiger partial charge in [-0.1, -0.05) is 19.8 Å². The molecule has 6 heteroatoms. The van der Waals surface area contributed by atoms with E-state index < -0.39 is 0 Å². The van der Waals surface area contributed by atoms with Crippen LogP contribution in [0.15, 0.2) is 0 Å². The molecule has 2 N–H and O–H groups in total. The number of hydrogen-bond acceptors (Lipinski definition) is 6. The number of nitrogens with one attached hydrogen (secondary N) is 2. The Balaban J connectivity index is 1.96. The van der Waals surface area contributed by atoms with Gasteiger partial charge < -0.3 is 15.5 Å². The fourth-order valence-electron chi connectivity index (χ4n) is 2.52. The third-order valence-electron chi connectivity index (χ3n) is 3.93. The van der Waals surface area contributed by atoms with Crippen molar-refractivity contribution >= 4 is 17.8 Å². The van der Waals surface area contributed by atoms with Crippen LogP contribution in [0.1, 0.15) is 32.6 Å². The molecule has 0 atom stereocenters. The minimum Gasteiger partial charge on any atom is -0.357 e. The van der Waals surface area contributed by atoms with Crippen LogP contribution in [-0.2, 0) is 0 Å². The van der Waals surface area contributed by atoms with Gasteiger partial charge in [-0.2, -0.15) is 15.0 Å². The van der Waals surface area contributed by atoms with Crippen LogP contribution >= 0.6 is 0 Å². The molecule has 0 unspecified atom stereocenters. The van der Waals surface area contributed by atoms with Gasteiger partial charge in [-0.15, -0.1) is 0 Å². The van der Waals surface area contributed by atoms with Gasteiger partial charge in [-0.05, 0) is 24.7 Å². The van der Waals surface area contributed by atoms with E-state index in [0.29, 0.717) is 17.8 Å². The normalized spacial score (nSPS) is 22.4. The molecule has 20 heavy (non-hydrogen) atoms. The maximum atomic E-state index is 4.43. The minimum absolute atomic E-state index is 0.600. The van der Waals surface area contributed by atoms with Crippen molar-refractivity contribution in [2.24, 2.45) is 11.8 Å². The number of rotatable bonds is 5. The van der Waals surface area contributed by atoms with Gasteiger partial charge in [0.25, 0.3) is 0 Å². The predicted octanol–water partition coefficient (Wildman–Crippen LogP) is 2.22. The Labute approximate surface area is 121 Å². The molecule has 0 saturated heterocycles. The van der Waals surface area contributed by atoms with Crippen LogP contribution in [-0.4, -0.2) is 42.6 Å². The van der Waals surface area contributed by atoms with E-state index in [0.717, 1.165) is 18.4 Å². The van der Waals surface area contributed by atoms with E-state index in [2.05, 4.69) is 32.5 Å².